The van der Waals surface area contributed by atoms with Crippen molar-refractivity contribution in [2.75, 3.05) is 13.2 Å². The lowest BCUT2D eigenvalue weighted by Crippen LogP contribution is -2.35. The van der Waals surface area contributed by atoms with Crippen LogP contribution in [0.3, 0.4) is 0 Å². The molecule has 1 aliphatic heterocycles. The van der Waals surface area contributed by atoms with E-state index in [1.54, 1.807) is 6.07 Å². The molecule has 1 fully saturated rings. The lowest BCUT2D eigenvalue weighted by atomic mass is 9.82. The summed E-state index contributed by atoms with van der Waals surface area (Å²) in [5.74, 6) is -0.931. The molecule has 2 aromatic carbocycles. The third kappa shape index (κ3) is 3.92. The van der Waals surface area contributed by atoms with E-state index in [2.05, 4.69) is 0 Å². The van der Waals surface area contributed by atoms with Gasteiger partial charge in [-0.2, -0.15) is 0 Å². The van der Waals surface area contributed by atoms with Crippen molar-refractivity contribution in [1.82, 2.24) is 0 Å². The van der Waals surface area contributed by atoms with Gasteiger partial charge in [-0.15, -0.1) is 0 Å². The fourth-order valence-corrected chi connectivity index (χ4v) is 3.03. The predicted molar refractivity (Wildman–Crippen MR) is 88.0 cm³/mol. The molecule has 126 valence electrons. The smallest absolute Gasteiger partial charge is 0.221 e. The number of rotatable bonds is 5. The maximum atomic E-state index is 14.0. The van der Waals surface area contributed by atoms with Crippen LogP contribution in [0.25, 0.3) is 0 Å². The van der Waals surface area contributed by atoms with E-state index in [1.165, 1.54) is 12.1 Å². The topological polar surface area (TPSA) is 61.6 Å². The first-order chi connectivity index (χ1) is 11.6. The summed E-state index contributed by atoms with van der Waals surface area (Å²) in [5, 5.41) is 0. The molecule has 0 spiro atoms. The summed E-state index contributed by atoms with van der Waals surface area (Å²) in [5.41, 5.74) is 7.17. The zero-order chi connectivity index (χ0) is 16.9. The minimum absolute atomic E-state index is 0.244. The Balaban J connectivity index is 1.79. The lowest BCUT2D eigenvalue weighted by molar-refractivity contribution is -0.125. The molecule has 3 rings (SSSR count). The number of halogens is 1. The SMILES string of the molecule is NC(=O)C1CCOCC1c1cc(F)cc(OCc2ccccc2)c1. The summed E-state index contributed by atoms with van der Waals surface area (Å²) in [6.07, 6.45) is 0.552. The molecule has 5 heteroatoms. The largest absolute Gasteiger partial charge is 0.489 e. The number of hydrogen-bond acceptors (Lipinski definition) is 3. The Kier molecular flexibility index (Phi) is 5.11. The van der Waals surface area contributed by atoms with E-state index in [-0.39, 0.29) is 17.7 Å². The molecule has 2 atom stereocenters. The van der Waals surface area contributed by atoms with E-state index < -0.39 is 5.82 Å². The van der Waals surface area contributed by atoms with Crippen molar-refractivity contribution < 1.29 is 18.7 Å². The zero-order valence-electron chi connectivity index (χ0n) is 13.3. The quantitative estimate of drug-likeness (QED) is 0.917. The van der Waals surface area contributed by atoms with Crippen molar-refractivity contribution >= 4 is 5.91 Å². The Morgan fingerprint density at radius 3 is 2.79 bits per heavy atom. The van der Waals surface area contributed by atoms with Gasteiger partial charge in [0.25, 0.3) is 0 Å². The van der Waals surface area contributed by atoms with Crippen LogP contribution >= 0.6 is 0 Å². The average Bonchev–Trinajstić information content (AvgIpc) is 2.60. The molecular formula is C19H20FNO3. The number of amides is 1. The molecule has 0 aromatic heterocycles. The predicted octanol–water partition coefficient (Wildman–Crippen LogP) is 3.01. The lowest BCUT2D eigenvalue weighted by Gasteiger charge is -2.30. The van der Waals surface area contributed by atoms with Crippen molar-refractivity contribution in [1.29, 1.82) is 0 Å². The number of ether oxygens (including phenoxy) is 2. The number of carbonyl (C=O) groups is 1. The standard InChI is InChI=1S/C19H20FNO3/c20-15-8-14(18-12-23-7-6-17(18)19(21)22)9-16(10-15)24-11-13-4-2-1-3-5-13/h1-5,8-10,17-18H,6-7,11-12H2,(H2,21,22). The molecule has 1 heterocycles. The maximum Gasteiger partial charge on any atom is 0.221 e. The van der Waals surface area contributed by atoms with Crippen molar-refractivity contribution in [2.24, 2.45) is 11.7 Å². The Hall–Kier alpha value is -2.40. The highest BCUT2D eigenvalue weighted by atomic mass is 19.1. The van der Waals surface area contributed by atoms with Gasteiger partial charge in [0.2, 0.25) is 5.91 Å². The summed E-state index contributed by atoms with van der Waals surface area (Å²) >= 11 is 0. The first-order valence-corrected chi connectivity index (χ1v) is 7.98. The van der Waals surface area contributed by atoms with Crippen LogP contribution in [0, 0.1) is 11.7 Å². The van der Waals surface area contributed by atoms with Crippen LogP contribution in [-0.4, -0.2) is 19.1 Å². The van der Waals surface area contributed by atoms with Gasteiger partial charge in [-0.05, 0) is 29.7 Å². The molecule has 0 saturated carbocycles. The van der Waals surface area contributed by atoms with Gasteiger partial charge in [0, 0.05) is 24.5 Å². The van der Waals surface area contributed by atoms with Gasteiger partial charge in [-0.3, -0.25) is 4.79 Å². The molecule has 1 saturated heterocycles. The number of carbonyl (C=O) groups excluding carboxylic acids is 1. The second-order valence-electron chi connectivity index (χ2n) is 5.97. The van der Waals surface area contributed by atoms with Crippen molar-refractivity contribution in [3.8, 4) is 5.75 Å². The highest BCUT2D eigenvalue weighted by Gasteiger charge is 2.31. The Bertz CT molecular complexity index is 705. The Morgan fingerprint density at radius 2 is 2.04 bits per heavy atom. The van der Waals surface area contributed by atoms with E-state index in [4.69, 9.17) is 15.2 Å². The first kappa shape index (κ1) is 16.5. The average molecular weight is 329 g/mol. The first-order valence-electron chi connectivity index (χ1n) is 7.98. The fourth-order valence-electron chi connectivity index (χ4n) is 3.03. The van der Waals surface area contributed by atoms with Gasteiger partial charge in [-0.25, -0.2) is 4.39 Å². The van der Waals surface area contributed by atoms with Gasteiger partial charge in [-0.1, -0.05) is 30.3 Å². The van der Waals surface area contributed by atoms with Crippen molar-refractivity contribution in [2.45, 2.75) is 18.9 Å². The number of benzene rings is 2. The van der Waals surface area contributed by atoms with E-state index >= 15 is 0 Å². The highest BCUT2D eigenvalue weighted by molar-refractivity contribution is 5.78. The molecule has 4 nitrogen and oxygen atoms in total. The van der Waals surface area contributed by atoms with Crippen molar-refractivity contribution in [3.63, 3.8) is 0 Å². The van der Waals surface area contributed by atoms with Crippen LogP contribution in [0.15, 0.2) is 48.5 Å². The molecule has 2 unspecified atom stereocenters. The van der Waals surface area contributed by atoms with E-state index in [1.807, 2.05) is 30.3 Å². The van der Waals surface area contributed by atoms with Crippen LogP contribution in [0.2, 0.25) is 0 Å². The van der Waals surface area contributed by atoms with Crippen LogP contribution in [0.1, 0.15) is 23.5 Å². The van der Waals surface area contributed by atoms with Crippen molar-refractivity contribution in [3.05, 3.63) is 65.5 Å². The van der Waals surface area contributed by atoms with Crippen LogP contribution in [0.4, 0.5) is 4.39 Å². The molecule has 1 aliphatic rings. The van der Waals surface area contributed by atoms with Gasteiger partial charge >= 0.3 is 0 Å². The summed E-state index contributed by atoms with van der Waals surface area (Å²) in [6.45, 7) is 1.20. The summed E-state index contributed by atoms with van der Waals surface area (Å²) in [7, 11) is 0. The zero-order valence-corrected chi connectivity index (χ0v) is 13.3. The van der Waals surface area contributed by atoms with Crippen LogP contribution in [-0.2, 0) is 16.1 Å². The van der Waals surface area contributed by atoms with Crippen LogP contribution < -0.4 is 10.5 Å². The fraction of sp³-hybridized carbons (Fsp3) is 0.316. The second kappa shape index (κ2) is 7.45. The van der Waals surface area contributed by atoms with E-state index in [0.717, 1.165) is 5.56 Å². The minimum Gasteiger partial charge on any atom is -0.489 e. The highest BCUT2D eigenvalue weighted by Crippen LogP contribution is 2.33. The molecule has 0 bridgehead atoms. The van der Waals surface area contributed by atoms with E-state index in [0.29, 0.717) is 37.6 Å². The van der Waals surface area contributed by atoms with Gasteiger partial charge in [0.15, 0.2) is 0 Å². The molecule has 0 radical (unpaired) electrons. The Labute approximate surface area is 140 Å². The molecule has 1 amide bonds. The summed E-state index contributed by atoms with van der Waals surface area (Å²) in [6, 6.07) is 14.2. The number of primary amides is 1. The number of nitrogens with two attached hydrogens (primary N) is 1. The molecule has 24 heavy (non-hydrogen) atoms. The molecule has 0 aliphatic carbocycles. The monoisotopic (exact) mass is 329 g/mol. The summed E-state index contributed by atoms with van der Waals surface area (Å²) in [4.78, 5) is 11.7. The molecule has 2 aromatic rings. The Morgan fingerprint density at radius 1 is 1.25 bits per heavy atom. The minimum atomic E-state index is -0.399. The van der Waals surface area contributed by atoms with Gasteiger partial charge in [0.05, 0.1) is 6.61 Å². The second-order valence-corrected chi connectivity index (χ2v) is 5.97. The van der Waals surface area contributed by atoms with Gasteiger partial charge < -0.3 is 15.2 Å². The van der Waals surface area contributed by atoms with Crippen LogP contribution in [0.5, 0.6) is 5.75 Å². The van der Waals surface area contributed by atoms with Gasteiger partial charge in [0.1, 0.15) is 18.2 Å². The summed E-state index contributed by atoms with van der Waals surface area (Å²) < 4.78 is 25.2. The van der Waals surface area contributed by atoms with E-state index in [9.17, 15) is 9.18 Å². The maximum absolute atomic E-state index is 14.0. The molecular weight excluding hydrogens is 309 g/mol. The third-order valence-corrected chi connectivity index (χ3v) is 4.29. The molecule has 2 N–H and O–H groups in total. The third-order valence-electron chi connectivity index (χ3n) is 4.29. The number of hydrogen-bond donors (Lipinski definition) is 1. The normalized spacial score (nSPS) is 20.5.